The first-order valence-electron chi connectivity index (χ1n) is 7.95. The number of urea groups is 1. The maximum Gasteiger partial charge on any atom is 0.319 e. The van der Waals surface area contributed by atoms with Crippen LogP contribution in [0.5, 0.6) is 11.5 Å². The van der Waals surface area contributed by atoms with Crippen molar-refractivity contribution < 1.29 is 14.3 Å². The number of benzene rings is 3. The van der Waals surface area contributed by atoms with Crippen LogP contribution in [0.3, 0.4) is 0 Å². The minimum atomic E-state index is -0.278. The van der Waals surface area contributed by atoms with E-state index in [4.69, 9.17) is 9.47 Å². The lowest BCUT2D eigenvalue weighted by molar-refractivity contribution is 0.252. The van der Waals surface area contributed by atoms with Gasteiger partial charge in [-0.2, -0.15) is 0 Å². The molecule has 0 fully saturated rings. The highest BCUT2D eigenvalue weighted by atomic mass is 16.5. The highest BCUT2D eigenvalue weighted by Crippen LogP contribution is 2.29. The molecule has 0 radical (unpaired) electrons. The van der Waals surface area contributed by atoms with Crippen molar-refractivity contribution in [1.82, 2.24) is 5.32 Å². The molecule has 25 heavy (non-hydrogen) atoms. The molecule has 0 unspecified atom stereocenters. The Hall–Kier alpha value is -3.21. The van der Waals surface area contributed by atoms with E-state index in [1.54, 1.807) is 32.4 Å². The zero-order chi connectivity index (χ0) is 17.6. The van der Waals surface area contributed by atoms with E-state index in [9.17, 15) is 4.79 Å². The Morgan fingerprint density at radius 1 is 0.920 bits per heavy atom. The molecule has 0 saturated heterocycles. The third kappa shape index (κ3) is 3.83. The Labute approximate surface area is 146 Å². The lowest BCUT2D eigenvalue weighted by atomic mass is 10.0. The molecule has 3 rings (SSSR count). The van der Waals surface area contributed by atoms with Crippen LogP contribution in [-0.2, 0) is 6.54 Å². The van der Waals surface area contributed by atoms with Crippen molar-refractivity contribution in [3.05, 3.63) is 66.2 Å². The van der Waals surface area contributed by atoms with Crippen LogP contribution in [0.1, 0.15) is 5.56 Å². The maximum atomic E-state index is 12.2. The SMILES string of the molecule is COc1ccc(NC(=O)NCc2cccc3ccccc23)cc1OC. The number of anilines is 1. The summed E-state index contributed by atoms with van der Waals surface area (Å²) in [6.07, 6.45) is 0. The fourth-order valence-corrected chi connectivity index (χ4v) is 2.71. The molecule has 0 heterocycles. The Kier molecular flexibility index (Phi) is 5.04. The lowest BCUT2D eigenvalue weighted by Crippen LogP contribution is -2.28. The molecule has 0 bridgehead atoms. The molecule has 3 aromatic carbocycles. The van der Waals surface area contributed by atoms with Crippen LogP contribution >= 0.6 is 0 Å². The van der Waals surface area contributed by atoms with Crippen LogP contribution in [0.25, 0.3) is 10.8 Å². The van der Waals surface area contributed by atoms with Gasteiger partial charge in [0.15, 0.2) is 11.5 Å². The summed E-state index contributed by atoms with van der Waals surface area (Å²) in [4.78, 5) is 12.2. The molecule has 0 saturated carbocycles. The van der Waals surface area contributed by atoms with Crippen LogP contribution in [0.4, 0.5) is 10.5 Å². The Balaban J connectivity index is 1.67. The van der Waals surface area contributed by atoms with Gasteiger partial charge in [-0.15, -0.1) is 0 Å². The number of carbonyl (C=O) groups excluding carboxylic acids is 1. The van der Waals surface area contributed by atoms with Gasteiger partial charge in [-0.25, -0.2) is 4.79 Å². The standard InChI is InChI=1S/C20H20N2O3/c1-24-18-11-10-16(12-19(18)25-2)22-20(23)21-13-15-8-5-7-14-6-3-4-9-17(14)15/h3-12H,13H2,1-2H3,(H2,21,22,23). The zero-order valence-electron chi connectivity index (χ0n) is 14.2. The van der Waals surface area contributed by atoms with Gasteiger partial charge in [0.1, 0.15) is 0 Å². The molecule has 5 heteroatoms. The van der Waals surface area contributed by atoms with Crippen LogP contribution in [0, 0.1) is 0 Å². The van der Waals surface area contributed by atoms with Crippen LogP contribution in [-0.4, -0.2) is 20.3 Å². The molecule has 5 nitrogen and oxygen atoms in total. The van der Waals surface area contributed by atoms with Gasteiger partial charge in [0.05, 0.1) is 14.2 Å². The second kappa shape index (κ2) is 7.57. The van der Waals surface area contributed by atoms with Gasteiger partial charge in [0.2, 0.25) is 0 Å². The van der Waals surface area contributed by atoms with Crippen molar-refractivity contribution in [2.24, 2.45) is 0 Å². The minimum absolute atomic E-state index is 0.278. The number of nitrogens with one attached hydrogen (secondary N) is 2. The Morgan fingerprint density at radius 3 is 2.48 bits per heavy atom. The summed E-state index contributed by atoms with van der Waals surface area (Å²) in [5.74, 6) is 1.18. The van der Waals surface area contributed by atoms with E-state index in [1.807, 2.05) is 24.3 Å². The van der Waals surface area contributed by atoms with Gasteiger partial charge in [-0.1, -0.05) is 42.5 Å². The van der Waals surface area contributed by atoms with Gasteiger partial charge in [-0.3, -0.25) is 0 Å². The molecule has 3 aromatic rings. The molecule has 2 amide bonds. The van der Waals surface area contributed by atoms with Gasteiger partial charge in [0.25, 0.3) is 0 Å². The molecule has 0 aromatic heterocycles. The summed E-state index contributed by atoms with van der Waals surface area (Å²) >= 11 is 0. The minimum Gasteiger partial charge on any atom is -0.493 e. The quantitative estimate of drug-likeness (QED) is 0.735. The normalized spacial score (nSPS) is 10.3. The summed E-state index contributed by atoms with van der Waals surface area (Å²) in [6.45, 7) is 0.445. The van der Waals surface area contributed by atoms with Crippen LogP contribution in [0.15, 0.2) is 60.7 Å². The fraction of sp³-hybridized carbons (Fsp3) is 0.150. The predicted octanol–water partition coefficient (Wildman–Crippen LogP) is 4.18. The first-order valence-corrected chi connectivity index (χ1v) is 7.95. The summed E-state index contributed by atoms with van der Waals surface area (Å²) in [7, 11) is 3.13. The zero-order valence-corrected chi connectivity index (χ0v) is 14.2. The van der Waals surface area contributed by atoms with E-state index >= 15 is 0 Å². The Morgan fingerprint density at radius 2 is 1.68 bits per heavy atom. The fourth-order valence-electron chi connectivity index (χ4n) is 2.71. The van der Waals surface area contributed by atoms with Gasteiger partial charge >= 0.3 is 6.03 Å². The summed E-state index contributed by atoms with van der Waals surface area (Å²) < 4.78 is 10.4. The number of hydrogen-bond acceptors (Lipinski definition) is 3. The van der Waals surface area contributed by atoms with Gasteiger partial charge in [-0.05, 0) is 28.5 Å². The first kappa shape index (κ1) is 16.6. The topological polar surface area (TPSA) is 59.6 Å². The van der Waals surface area contributed by atoms with E-state index < -0.39 is 0 Å². The van der Waals surface area contributed by atoms with Crippen molar-refractivity contribution in [2.45, 2.75) is 6.54 Å². The predicted molar refractivity (Wildman–Crippen MR) is 99.4 cm³/mol. The first-order chi connectivity index (χ1) is 12.2. The number of fused-ring (bicyclic) bond motifs is 1. The number of carbonyl (C=O) groups is 1. The number of methoxy groups -OCH3 is 2. The molecule has 128 valence electrons. The smallest absolute Gasteiger partial charge is 0.319 e. The van der Waals surface area contributed by atoms with E-state index in [0.717, 1.165) is 16.3 Å². The highest BCUT2D eigenvalue weighted by Gasteiger charge is 2.08. The number of ether oxygens (including phenoxy) is 2. The Bertz CT molecular complexity index is 888. The van der Waals surface area contributed by atoms with Crippen molar-refractivity contribution in [1.29, 1.82) is 0 Å². The summed E-state index contributed by atoms with van der Waals surface area (Å²) in [6, 6.07) is 19.1. The maximum absolute atomic E-state index is 12.2. The largest absolute Gasteiger partial charge is 0.493 e. The lowest BCUT2D eigenvalue weighted by Gasteiger charge is -2.12. The monoisotopic (exact) mass is 336 g/mol. The second-order valence-corrected chi connectivity index (χ2v) is 5.52. The summed E-state index contributed by atoms with van der Waals surface area (Å²) in [5.41, 5.74) is 1.70. The van der Waals surface area contributed by atoms with E-state index in [1.165, 1.54) is 0 Å². The van der Waals surface area contributed by atoms with E-state index in [2.05, 4.69) is 28.8 Å². The summed E-state index contributed by atoms with van der Waals surface area (Å²) in [5, 5.41) is 7.97. The van der Waals surface area contributed by atoms with E-state index in [0.29, 0.717) is 23.7 Å². The second-order valence-electron chi connectivity index (χ2n) is 5.52. The number of rotatable bonds is 5. The van der Waals surface area contributed by atoms with Crippen LogP contribution in [0.2, 0.25) is 0 Å². The third-order valence-corrected chi connectivity index (χ3v) is 3.96. The van der Waals surface area contributed by atoms with Crippen molar-refractivity contribution >= 4 is 22.5 Å². The van der Waals surface area contributed by atoms with E-state index in [-0.39, 0.29) is 6.03 Å². The third-order valence-electron chi connectivity index (χ3n) is 3.96. The highest BCUT2D eigenvalue weighted by molar-refractivity contribution is 5.90. The number of amides is 2. The molecular weight excluding hydrogens is 316 g/mol. The van der Waals surface area contributed by atoms with Gasteiger partial charge < -0.3 is 20.1 Å². The molecule has 2 N–H and O–H groups in total. The molecule has 0 spiro atoms. The number of hydrogen-bond donors (Lipinski definition) is 2. The molecule has 0 aliphatic rings. The van der Waals surface area contributed by atoms with Crippen molar-refractivity contribution in [2.75, 3.05) is 19.5 Å². The van der Waals surface area contributed by atoms with Crippen molar-refractivity contribution in [3.8, 4) is 11.5 Å². The molecule has 0 aliphatic carbocycles. The van der Waals surface area contributed by atoms with Gasteiger partial charge in [0, 0.05) is 18.3 Å². The van der Waals surface area contributed by atoms with Crippen molar-refractivity contribution in [3.63, 3.8) is 0 Å². The van der Waals surface area contributed by atoms with Crippen LogP contribution < -0.4 is 20.1 Å². The molecule has 0 aliphatic heterocycles. The average Bonchev–Trinajstić information content (AvgIpc) is 2.66. The molecule has 0 atom stereocenters. The molecular formula is C20H20N2O3. The average molecular weight is 336 g/mol.